The predicted molar refractivity (Wildman–Crippen MR) is 109 cm³/mol. The number of amides is 1. The highest BCUT2D eigenvalue weighted by Crippen LogP contribution is 2.17. The second-order valence-corrected chi connectivity index (χ2v) is 6.46. The number of pyridine rings is 1. The van der Waals surface area contributed by atoms with E-state index >= 15 is 0 Å². The van der Waals surface area contributed by atoms with Crippen molar-refractivity contribution in [2.75, 3.05) is 11.9 Å². The van der Waals surface area contributed by atoms with Gasteiger partial charge in [-0.05, 0) is 57.2 Å². The topological polar surface area (TPSA) is 99.2 Å². The summed E-state index contributed by atoms with van der Waals surface area (Å²) in [6.07, 6.45) is 0.464. The monoisotopic (exact) mass is 396 g/mol. The fraction of sp³-hybridized carbons (Fsp3) is 0.333. The second-order valence-electron chi connectivity index (χ2n) is 6.46. The third-order valence-electron chi connectivity index (χ3n) is 4.43. The number of hydrogen-bond acceptors (Lipinski definition) is 6. The quantitative estimate of drug-likeness (QED) is 0.628. The van der Waals surface area contributed by atoms with E-state index in [4.69, 9.17) is 9.26 Å². The number of carbonyl (C=O) groups excluding carboxylic acids is 1. The molecule has 8 heteroatoms. The van der Waals surface area contributed by atoms with Gasteiger partial charge in [0.05, 0.1) is 12.2 Å². The summed E-state index contributed by atoms with van der Waals surface area (Å²) < 4.78 is 12.2. The molecule has 0 radical (unpaired) electrons. The smallest absolute Gasteiger partial charge is 0.261 e. The second kappa shape index (κ2) is 9.18. The zero-order chi connectivity index (χ0) is 20.8. The van der Waals surface area contributed by atoms with E-state index in [1.807, 2.05) is 26.8 Å². The minimum atomic E-state index is -0.169. The molecule has 8 nitrogen and oxygen atoms in total. The van der Waals surface area contributed by atoms with Crippen molar-refractivity contribution in [3.8, 4) is 17.1 Å². The number of aromatic nitrogens is 3. The van der Waals surface area contributed by atoms with Gasteiger partial charge in [0, 0.05) is 30.8 Å². The van der Waals surface area contributed by atoms with E-state index in [2.05, 4.69) is 15.5 Å². The lowest BCUT2D eigenvalue weighted by Gasteiger charge is -2.07. The fourth-order valence-electron chi connectivity index (χ4n) is 2.94. The first kappa shape index (κ1) is 20.3. The van der Waals surface area contributed by atoms with Gasteiger partial charge in [0.2, 0.25) is 17.6 Å². The molecule has 2 heterocycles. The van der Waals surface area contributed by atoms with E-state index in [-0.39, 0.29) is 30.1 Å². The molecule has 1 aromatic carbocycles. The van der Waals surface area contributed by atoms with Crippen LogP contribution in [0.4, 0.5) is 5.69 Å². The van der Waals surface area contributed by atoms with Gasteiger partial charge in [0.15, 0.2) is 0 Å². The summed E-state index contributed by atoms with van der Waals surface area (Å²) >= 11 is 0. The summed E-state index contributed by atoms with van der Waals surface area (Å²) in [5.74, 6) is 1.13. The van der Waals surface area contributed by atoms with Crippen molar-refractivity contribution in [1.29, 1.82) is 0 Å². The molecule has 0 atom stereocenters. The minimum Gasteiger partial charge on any atom is -0.494 e. The zero-order valence-electron chi connectivity index (χ0n) is 16.8. The molecular weight excluding hydrogens is 372 g/mol. The van der Waals surface area contributed by atoms with Gasteiger partial charge in [-0.1, -0.05) is 5.16 Å². The van der Waals surface area contributed by atoms with Crippen molar-refractivity contribution in [1.82, 2.24) is 14.7 Å². The van der Waals surface area contributed by atoms with Gasteiger partial charge in [-0.2, -0.15) is 4.98 Å². The Kier molecular flexibility index (Phi) is 6.43. The molecule has 0 unspecified atom stereocenters. The number of hydrogen-bond donors (Lipinski definition) is 1. The van der Waals surface area contributed by atoms with Gasteiger partial charge in [-0.25, -0.2) is 0 Å². The maximum Gasteiger partial charge on any atom is 0.261 e. The highest BCUT2D eigenvalue weighted by atomic mass is 16.5. The molecule has 3 rings (SSSR count). The van der Waals surface area contributed by atoms with Crippen LogP contribution < -0.4 is 15.6 Å². The molecule has 29 heavy (non-hydrogen) atoms. The first-order valence-electron chi connectivity index (χ1n) is 9.58. The van der Waals surface area contributed by atoms with Crippen LogP contribution in [-0.4, -0.2) is 27.2 Å². The van der Waals surface area contributed by atoms with Gasteiger partial charge in [-0.15, -0.1) is 0 Å². The molecule has 0 fully saturated rings. The average Bonchev–Trinajstić information content (AvgIpc) is 3.17. The number of anilines is 1. The van der Waals surface area contributed by atoms with Crippen molar-refractivity contribution in [2.24, 2.45) is 0 Å². The van der Waals surface area contributed by atoms with Crippen LogP contribution in [0.2, 0.25) is 0 Å². The van der Waals surface area contributed by atoms with Crippen LogP contribution in [-0.2, 0) is 17.8 Å². The summed E-state index contributed by atoms with van der Waals surface area (Å²) in [7, 11) is 0. The van der Waals surface area contributed by atoms with Gasteiger partial charge < -0.3 is 19.1 Å². The lowest BCUT2D eigenvalue weighted by atomic mass is 10.2. The molecule has 3 aromatic rings. The van der Waals surface area contributed by atoms with Crippen molar-refractivity contribution in [3.05, 3.63) is 58.3 Å². The van der Waals surface area contributed by atoms with E-state index in [9.17, 15) is 9.59 Å². The number of rotatable bonds is 8. The summed E-state index contributed by atoms with van der Waals surface area (Å²) in [6.45, 7) is 6.85. The number of benzene rings is 1. The van der Waals surface area contributed by atoms with Crippen molar-refractivity contribution < 1.29 is 14.1 Å². The fourth-order valence-corrected chi connectivity index (χ4v) is 2.94. The molecule has 0 aliphatic rings. The summed E-state index contributed by atoms with van der Waals surface area (Å²) in [5, 5.41) is 6.71. The molecule has 0 saturated heterocycles. The molecule has 1 N–H and O–H groups in total. The molecule has 0 aliphatic carbocycles. The summed E-state index contributed by atoms with van der Waals surface area (Å²) in [5.41, 5.74) is 1.78. The van der Waals surface area contributed by atoms with E-state index in [1.165, 1.54) is 0 Å². The van der Waals surface area contributed by atoms with Crippen molar-refractivity contribution in [2.45, 2.75) is 40.2 Å². The van der Waals surface area contributed by atoms with Crippen molar-refractivity contribution >= 4 is 11.6 Å². The van der Waals surface area contributed by atoms with E-state index < -0.39 is 0 Å². The Balaban J connectivity index is 1.61. The number of ether oxygens (including phenoxy) is 1. The van der Waals surface area contributed by atoms with E-state index in [0.717, 1.165) is 11.4 Å². The van der Waals surface area contributed by atoms with E-state index in [0.29, 0.717) is 30.3 Å². The number of nitrogens with one attached hydrogen (secondary N) is 1. The third-order valence-corrected chi connectivity index (χ3v) is 4.43. The highest BCUT2D eigenvalue weighted by Gasteiger charge is 2.15. The van der Waals surface area contributed by atoms with E-state index in [1.54, 1.807) is 34.9 Å². The SMILES string of the molecule is CCOc1ccc(NC(=O)CCc2nc(-c3ccc(C)n(CC)c3=O)no2)cc1. The third kappa shape index (κ3) is 4.90. The van der Waals surface area contributed by atoms with Crippen LogP contribution in [0.5, 0.6) is 5.75 Å². The van der Waals surface area contributed by atoms with Crippen LogP contribution in [0.15, 0.2) is 45.7 Å². The summed E-state index contributed by atoms with van der Waals surface area (Å²) in [6, 6.07) is 10.7. The predicted octanol–water partition coefficient (Wildman–Crippen LogP) is 3.20. The molecule has 0 spiro atoms. The maximum absolute atomic E-state index is 12.5. The molecular formula is C21H24N4O4. The van der Waals surface area contributed by atoms with Gasteiger partial charge in [0.1, 0.15) is 5.75 Å². The number of aryl methyl sites for hydroxylation is 2. The molecule has 152 valence electrons. The standard InChI is InChI=1S/C21H24N4O4/c1-4-25-14(3)6-11-17(21(25)27)20-23-19(29-24-20)13-12-18(26)22-15-7-9-16(10-8-15)28-5-2/h6-11H,4-5,12-13H2,1-3H3,(H,22,26). The molecule has 0 saturated carbocycles. The van der Waals surface area contributed by atoms with Crippen LogP contribution in [0.25, 0.3) is 11.4 Å². The van der Waals surface area contributed by atoms with Crippen LogP contribution >= 0.6 is 0 Å². The normalized spacial score (nSPS) is 10.7. The van der Waals surface area contributed by atoms with Gasteiger partial charge in [0.25, 0.3) is 5.56 Å². The Morgan fingerprint density at radius 3 is 2.62 bits per heavy atom. The van der Waals surface area contributed by atoms with Gasteiger partial charge >= 0.3 is 0 Å². The largest absolute Gasteiger partial charge is 0.494 e. The molecule has 1 amide bonds. The summed E-state index contributed by atoms with van der Waals surface area (Å²) in [4.78, 5) is 29.0. The number of carbonyl (C=O) groups is 1. The lowest BCUT2D eigenvalue weighted by molar-refractivity contribution is -0.116. The highest BCUT2D eigenvalue weighted by molar-refractivity contribution is 5.90. The minimum absolute atomic E-state index is 0.159. The van der Waals surface area contributed by atoms with Crippen LogP contribution in [0.3, 0.4) is 0 Å². The first-order valence-corrected chi connectivity index (χ1v) is 9.58. The Hall–Kier alpha value is -3.42. The Morgan fingerprint density at radius 1 is 1.17 bits per heavy atom. The molecule has 2 aromatic heterocycles. The number of nitrogens with zero attached hydrogens (tertiary/aromatic N) is 3. The van der Waals surface area contributed by atoms with Gasteiger partial charge in [-0.3, -0.25) is 9.59 Å². The van der Waals surface area contributed by atoms with Crippen LogP contribution in [0.1, 0.15) is 31.9 Å². The maximum atomic E-state index is 12.5. The Labute approximate surface area is 168 Å². The Morgan fingerprint density at radius 2 is 1.93 bits per heavy atom. The molecule has 0 aliphatic heterocycles. The van der Waals surface area contributed by atoms with Crippen LogP contribution in [0, 0.1) is 6.92 Å². The Bertz CT molecular complexity index is 1040. The molecule has 0 bridgehead atoms. The lowest BCUT2D eigenvalue weighted by Crippen LogP contribution is -2.23. The average molecular weight is 396 g/mol. The zero-order valence-corrected chi connectivity index (χ0v) is 16.8. The van der Waals surface area contributed by atoms with Crippen molar-refractivity contribution in [3.63, 3.8) is 0 Å². The first-order chi connectivity index (χ1) is 14.0.